The molecule has 2 aliphatic rings. The molecule has 7 heteroatoms. The van der Waals surface area contributed by atoms with Crippen LogP contribution in [-0.4, -0.2) is 69.5 Å². The molecule has 6 nitrogen and oxygen atoms in total. The minimum atomic E-state index is -3.26. The molecule has 0 aromatic heterocycles. The first-order valence-corrected chi connectivity index (χ1v) is 7.54. The number of piperidine rings is 1. The van der Waals surface area contributed by atoms with Crippen LogP contribution in [0.3, 0.4) is 0 Å². The molecule has 0 atom stereocenters. The molecular weight excluding hydrogens is 242 g/mol. The number of morpholine rings is 1. The maximum atomic E-state index is 12.3. The van der Waals surface area contributed by atoms with Crippen molar-refractivity contribution in [1.29, 1.82) is 0 Å². The van der Waals surface area contributed by atoms with E-state index in [-0.39, 0.29) is 0 Å². The Labute approximate surface area is 103 Å². The lowest BCUT2D eigenvalue weighted by atomic mass is 10.1. The van der Waals surface area contributed by atoms with Crippen molar-refractivity contribution in [2.75, 3.05) is 46.4 Å². The number of nitrogens with one attached hydrogen (secondary N) is 1. The second kappa shape index (κ2) is 5.62. The zero-order valence-electron chi connectivity index (χ0n) is 10.3. The van der Waals surface area contributed by atoms with Gasteiger partial charge in [0.1, 0.15) is 0 Å². The van der Waals surface area contributed by atoms with Crippen LogP contribution in [0.1, 0.15) is 12.8 Å². The standard InChI is InChI=1S/C10H21N3O3S/c1-11-10-2-4-12(5-3-10)17(14,15)13-6-8-16-9-7-13/h10-11H,2-9H2,1H3. The fourth-order valence-electron chi connectivity index (χ4n) is 2.32. The number of hydrogen-bond acceptors (Lipinski definition) is 4. The van der Waals surface area contributed by atoms with E-state index in [1.165, 1.54) is 4.31 Å². The third-order valence-electron chi connectivity index (χ3n) is 3.48. The van der Waals surface area contributed by atoms with E-state index < -0.39 is 10.2 Å². The normalized spacial score (nSPS) is 26.2. The zero-order chi connectivity index (χ0) is 12.3. The van der Waals surface area contributed by atoms with Crippen LogP contribution in [0.2, 0.25) is 0 Å². The van der Waals surface area contributed by atoms with Gasteiger partial charge in [-0.15, -0.1) is 0 Å². The maximum Gasteiger partial charge on any atom is 0.282 e. The van der Waals surface area contributed by atoms with Crippen LogP contribution in [0, 0.1) is 0 Å². The number of nitrogens with zero attached hydrogens (tertiary/aromatic N) is 2. The molecule has 0 aromatic carbocycles. The summed E-state index contributed by atoms with van der Waals surface area (Å²) in [6.07, 6.45) is 1.78. The van der Waals surface area contributed by atoms with Crippen LogP contribution in [-0.2, 0) is 14.9 Å². The van der Waals surface area contributed by atoms with Gasteiger partial charge in [-0.05, 0) is 19.9 Å². The molecule has 0 spiro atoms. The summed E-state index contributed by atoms with van der Waals surface area (Å²) in [5.41, 5.74) is 0. The van der Waals surface area contributed by atoms with Gasteiger partial charge >= 0.3 is 0 Å². The Morgan fingerprint density at radius 1 is 1.06 bits per heavy atom. The highest BCUT2D eigenvalue weighted by Gasteiger charge is 2.33. The van der Waals surface area contributed by atoms with Crippen LogP contribution >= 0.6 is 0 Å². The minimum Gasteiger partial charge on any atom is -0.379 e. The molecule has 2 heterocycles. The van der Waals surface area contributed by atoms with Crippen molar-refractivity contribution in [1.82, 2.24) is 13.9 Å². The van der Waals surface area contributed by atoms with Gasteiger partial charge in [0.05, 0.1) is 13.2 Å². The molecule has 0 aromatic rings. The molecule has 2 saturated heterocycles. The van der Waals surface area contributed by atoms with E-state index in [0.29, 0.717) is 45.4 Å². The van der Waals surface area contributed by atoms with Gasteiger partial charge in [0.15, 0.2) is 0 Å². The van der Waals surface area contributed by atoms with Crippen molar-refractivity contribution in [3.8, 4) is 0 Å². The van der Waals surface area contributed by atoms with Gasteiger partial charge in [0, 0.05) is 32.2 Å². The van der Waals surface area contributed by atoms with Gasteiger partial charge in [-0.2, -0.15) is 17.0 Å². The summed E-state index contributed by atoms with van der Waals surface area (Å²) < 4.78 is 32.9. The van der Waals surface area contributed by atoms with Gasteiger partial charge in [-0.3, -0.25) is 0 Å². The molecule has 0 unspecified atom stereocenters. The van der Waals surface area contributed by atoms with Crippen molar-refractivity contribution in [3.63, 3.8) is 0 Å². The Kier molecular flexibility index (Phi) is 4.37. The molecule has 100 valence electrons. The molecule has 2 aliphatic heterocycles. The highest BCUT2D eigenvalue weighted by atomic mass is 32.2. The highest BCUT2D eigenvalue weighted by molar-refractivity contribution is 7.86. The van der Waals surface area contributed by atoms with Crippen molar-refractivity contribution in [2.45, 2.75) is 18.9 Å². The SMILES string of the molecule is CNC1CCN(S(=O)(=O)N2CCOCC2)CC1. The lowest BCUT2D eigenvalue weighted by molar-refractivity contribution is 0.0695. The van der Waals surface area contributed by atoms with Gasteiger partial charge in [-0.1, -0.05) is 0 Å². The van der Waals surface area contributed by atoms with Crippen LogP contribution in [0.4, 0.5) is 0 Å². The van der Waals surface area contributed by atoms with Crippen LogP contribution < -0.4 is 5.32 Å². The molecule has 0 radical (unpaired) electrons. The summed E-state index contributed by atoms with van der Waals surface area (Å²) in [6.45, 7) is 3.21. The molecule has 0 amide bonds. The predicted octanol–water partition coefficient (Wildman–Crippen LogP) is -0.753. The quantitative estimate of drug-likeness (QED) is 0.727. The number of hydrogen-bond donors (Lipinski definition) is 1. The van der Waals surface area contributed by atoms with Crippen LogP contribution in [0.15, 0.2) is 0 Å². The summed E-state index contributed by atoms with van der Waals surface area (Å²) in [4.78, 5) is 0. The monoisotopic (exact) mass is 263 g/mol. The zero-order valence-corrected chi connectivity index (χ0v) is 11.1. The average molecular weight is 263 g/mol. The summed E-state index contributed by atoms with van der Waals surface area (Å²) in [5, 5.41) is 3.20. The second-order valence-corrected chi connectivity index (χ2v) is 6.41. The van der Waals surface area contributed by atoms with Gasteiger partial charge in [-0.25, -0.2) is 0 Å². The molecule has 17 heavy (non-hydrogen) atoms. The Morgan fingerprint density at radius 3 is 2.12 bits per heavy atom. The van der Waals surface area contributed by atoms with E-state index in [0.717, 1.165) is 12.8 Å². The number of rotatable bonds is 3. The summed E-state index contributed by atoms with van der Waals surface area (Å²) in [5.74, 6) is 0. The fourth-order valence-corrected chi connectivity index (χ4v) is 3.93. The molecular formula is C10H21N3O3S. The van der Waals surface area contributed by atoms with E-state index in [2.05, 4.69) is 5.32 Å². The predicted molar refractivity (Wildman–Crippen MR) is 65.0 cm³/mol. The van der Waals surface area contributed by atoms with E-state index in [1.807, 2.05) is 7.05 Å². The first-order chi connectivity index (χ1) is 8.14. The minimum absolute atomic E-state index is 0.450. The van der Waals surface area contributed by atoms with E-state index in [4.69, 9.17) is 4.74 Å². The van der Waals surface area contributed by atoms with Crippen molar-refractivity contribution >= 4 is 10.2 Å². The lowest BCUT2D eigenvalue weighted by Gasteiger charge is -2.36. The first-order valence-electron chi connectivity index (χ1n) is 6.15. The molecule has 2 fully saturated rings. The van der Waals surface area contributed by atoms with E-state index in [1.54, 1.807) is 4.31 Å². The molecule has 0 aliphatic carbocycles. The van der Waals surface area contributed by atoms with E-state index in [9.17, 15) is 8.42 Å². The van der Waals surface area contributed by atoms with Crippen molar-refractivity contribution < 1.29 is 13.2 Å². The largest absolute Gasteiger partial charge is 0.379 e. The van der Waals surface area contributed by atoms with Gasteiger partial charge < -0.3 is 10.1 Å². The number of ether oxygens (including phenoxy) is 1. The first kappa shape index (κ1) is 13.2. The van der Waals surface area contributed by atoms with Crippen LogP contribution in [0.25, 0.3) is 0 Å². The van der Waals surface area contributed by atoms with E-state index >= 15 is 0 Å². The van der Waals surface area contributed by atoms with Gasteiger partial charge in [0.25, 0.3) is 10.2 Å². The van der Waals surface area contributed by atoms with Crippen molar-refractivity contribution in [3.05, 3.63) is 0 Å². The Balaban J connectivity index is 1.96. The summed E-state index contributed by atoms with van der Waals surface area (Å²) in [7, 11) is -1.33. The van der Waals surface area contributed by atoms with Crippen LogP contribution in [0.5, 0.6) is 0 Å². The molecule has 2 rings (SSSR count). The van der Waals surface area contributed by atoms with Crippen molar-refractivity contribution in [2.24, 2.45) is 0 Å². The summed E-state index contributed by atoms with van der Waals surface area (Å²) in [6, 6.07) is 0.450. The third-order valence-corrected chi connectivity index (χ3v) is 5.52. The smallest absolute Gasteiger partial charge is 0.282 e. The Bertz CT molecular complexity index is 333. The fraction of sp³-hybridized carbons (Fsp3) is 1.00. The third kappa shape index (κ3) is 2.97. The summed E-state index contributed by atoms with van der Waals surface area (Å²) >= 11 is 0. The second-order valence-electron chi connectivity index (χ2n) is 4.48. The average Bonchev–Trinajstić information content (AvgIpc) is 2.40. The topological polar surface area (TPSA) is 61.9 Å². The lowest BCUT2D eigenvalue weighted by Crippen LogP contribution is -2.52. The van der Waals surface area contributed by atoms with Gasteiger partial charge in [0.2, 0.25) is 0 Å². The Morgan fingerprint density at radius 2 is 1.59 bits per heavy atom. The molecule has 0 saturated carbocycles. The Hall–Kier alpha value is -0.210. The molecule has 1 N–H and O–H groups in total. The molecule has 0 bridgehead atoms. The maximum absolute atomic E-state index is 12.3. The highest BCUT2D eigenvalue weighted by Crippen LogP contribution is 2.17.